The Morgan fingerprint density at radius 3 is 2.64 bits per heavy atom. The van der Waals surface area contributed by atoms with E-state index >= 15 is 0 Å². The molecule has 0 atom stereocenters. The van der Waals surface area contributed by atoms with E-state index in [0.29, 0.717) is 11.3 Å². The highest BCUT2D eigenvalue weighted by Gasteiger charge is 2.24. The van der Waals surface area contributed by atoms with E-state index in [1.165, 1.54) is 12.3 Å². The Balaban J connectivity index is 1.71. The summed E-state index contributed by atoms with van der Waals surface area (Å²) in [5.41, 5.74) is 2.12. The van der Waals surface area contributed by atoms with Gasteiger partial charge in [0.15, 0.2) is 0 Å². The molecule has 112 valence electrons. The highest BCUT2D eigenvalue weighted by Crippen LogP contribution is 2.19. The van der Waals surface area contributed by atoms with Crippen molar-refractivity contribution in [3.05, 3.63) is 53.6 Å². The average molecular weight is 296 g/mol. The van der Waals surface area contributed by atoms with Gasteiger partial charge in [-0.2, -0.15) is 0 Å². The van der Waals surface area contributed by atoms with Gasteiger partial charge in [-0.05, 0) is 44.0 Å². The van der Waals surface area contributed by atoms with Gasteiger partial charge < -0.3 is 10.6 Å². The lowest BCUT2D eigenvalue weighted by molar-refractivity contribution is 0.0946. The van der Waals surface area contributed by atoms with Crippen molar-refractivity contribution in [3.63, 3.8) is 0 Å². The van der Waals surface area contributed by atoms with Crippen LogP contribution in [0, 0.1) is 6.92 Å². The van der Waals surface area contributed by atoms with E-state index in [9.17, 15) is 9.59 Å². The van der Waals surface area contributed by atoms with Gasteiger partial charge in [0, 0.05) is 23.5 Å². The highest BCUT2D eigenvalue weighted by molar-refractivity contribution is 6.05. The molecule has 2 aromatic heterocycles. The summed E-state index contributed by atoms with van der Waals surface area (Å²) in [6.07, 6.45) is 5.07. The largest absolute Gasteiger partial charge is 0.348 e. The van der Waals surface area contributed by atoms with E-state index in [2.05, 4.69) is 20.6 Å². The second-order valence-electron chi connectivity index (χ2n) is 5.32. The van der Waals surface area contributed by atoms with E-state index in [1.54, 1.807) is 18.3 Å². The third kappa shape index (κ3) is 3.46. The number of nitrogens with zero attached hydrogens (tertiary/aromatic N) is 2. The minimum atomic E-state index is -0.298. The van der Waals surface area contributed by atoms with Gasteiger partial charge in [-0.15, -0.1) is 0 Å². The first-order chi connectivity index (χ1) is 10.6. The van der Waals surface area contributed by atoms with Gasteiger partial charge >= 0.3 is 0 Å². The molecule has 0 saturated heterocycles. The third-order valence-electron chi connectivity index (χ3n) is 3.34. The van der Waals surface area contributed by atoms with Crippen molar-refractivity contribution in [3.8, 4) is 0 Å². The molecule has 6 nitrogen and oxygen atoms in total. The molecule has 0 radical (unpaired) electrons. The number of hydrogen-bond donors (Lipinski definition) is 2. The van der Waals surface area contributed by atoms with Crippen LogP contribution in [0.25, 0.3) is 0 Å². The predicted octanol–water partition coefficient (Wildman–Crippen LogP) is 1.93. The van der Waals surface area contributed by atoms with Crippen molar-refractivity contribution in [2.24, 2.45) is 0 Å². The van der Waals surface area contributed by atoms with E-state index in [0.717, 1.165) is 18.5 Å². The van der Waals surface area contributed by atoms with Crippen molar-refractivity contribution in [1.29, 1.82) is 0 Å². The average Bonchev–Trinajstić information content (AvgIpc) is 3.33. The number of carbonyl (C=O) groups excluding carboxylic acids is 2. The second kappa shape index (κ2) is 5.93. The minimum Gasteiger partial charge on any atom is -0.348 e. The molecule has 1 aliphatic rings. The van der Waals surface area contributed by atoms with Crippen molar-refractivity contribution in [2.45, 2.75) is 25.8 Å². The van der Waals surface area contributed by atoms with Crippen LogP contribution in [0.2, 0.25) is 0 Å². The van der Waals surface area contributed by atoms with Crippen molar-refractivity contribution in [2.75, 3.05) is 5.32 Å². The Morgan fingerprint density at radius 2 is 1.95 bits per heavy atom. The number of aryl methyl sites for hydroxylation is 1. The van der Waals surface area contributed by atoms with Crippen LogP contribution in [0.4, 0.5) is 5.69 Å². The van der Waals surface area contributed by atoms with Crippen LogP contribution in [-0.4, -0.2) is 27.8 Å². The lowest BCUT2D eigenvalue weighted by atomic mass is 10.2. The van der Waals surface area contributed by atoms with Gasteiger partial charge in [-0.25, -0.2) is 0 Å². The molecule has 2 N–H and O–H groups in total. The lowest BCUT2D eigenvalue weighted by Crippen LogP contribution is -2.26. The van der Waals surface area contributed by atoms with Crippen LogP contribution < -0.4 is 10.6 Å². The quantitative estimate of drug-likeness (QED) is 0.903. The molecule has 0 aromatic carbocycles. The Labute approximate surface area is 128 Å². The number of pyridine rings is 2. The number of nitrogens with one attached hydrogen (secondary N) is 2. The molecule has 0 aliphatic heterocycles. The van der Waals surface area contributed by atoms with E-state index in [4.69, 9.17) is 0 Å². The van der Waals surface area contributed by atoms with Gasteiger partial charge in [0.05, 0.1) is 11.9 Å². The fraction of sp³-hybridized carbons (Fsp3) is 0.250. The Hall–Kier alpha value is -2.76. The molecule has 1 fully saturated rings. The van der Waals surface area contributed by atoms with E-state index < -0.39 is 0 Å². The molecule has 2 heterocycles. The molecule has 6 heteroatoms. The Kier molecular flexibility index (Phi) is 3.82. The molecule has 3 rings (SSSR count). The Bertz CT molecular complexity index is 708. The first-order valence-electron chi connectivity index (χ1n) is 7.13. The Morgan fingerprint density at radius 1 is 1.14 bits per heavy atom. The summed E-state index contributed by atoms with van der Waals surface area (Å²) in [5.74, 6) is -0.539. The number of rotatable bonds is 4. The third-order valence-corrected chi connectivity index (χ3v) is 3.34. The molecule has 1 aliphatic carbocycles. The summed E-state index contributed by atoms with van der Waals surface area (Å²) < 4.78 is 0. The highest BCUT2D eigenvalue weighted by atomic mass is 16.2. The number of aromatic nitrogens is 2. The molecule has 22 heavy (non-hydrogen) atoms. The van der Waals surface area contributed by atoms with Crippen LogP contribution >= 0.6 is 0 Å². The molecular weight excluding hydrogens is 280 g/mol. The zero-order valence-electron chi connectivity index (χ0n) is 12.2. The molecule has 2 amide bonds. The monoisotopic (exact) mass is 296 g/mol. The number of hydrogen-bond acceptors (Lipinski definition) is 4. The maximum absolute atomic E-state index is 12.2. The molecule has 1 saturated carbocycles. The second-order valence-corrected chi connectivity index (χ2v) is 5.32. The normalized spacial score (nSPS) is 13.5. The molecule has 2 aromatic rings. The fourth-order valence-electron chi connectivity index (χ4n) is 1.93. The smallest absolute Gasteiger partial charge is 0.270 e. The molecule has 0 unspecified atom stereocenters. The summed E-state index contributed by atoms with van der Waals surface area (Å²) in [6, 6.07) is 6.92. The number of anilines is 1. The number of amides is 2. The zero-order chi connectivity index (χ0) is 15.5. The maximum Gasteiger partial charge on any atom is 0.270 e. The predicted molar refractivity (Wildman–Crippen MR) is 81.7 cm³/mol. The van der Waals surface area contributed by atoms with Crippen molar-refractivity contribution in [1.82, 2.24) is 15.3 Å². The van der Waals surface area contributed by atoms with Crippen LogP contribution in [0.5, 0.6) is 0 Å². The topological polar surface area (TPSA) is 84.0 Å². The fourth-order valence-corrected chi connectivity index (χ4v) is 1.93. The van der Waals surface area contributed by atoms with Crippen LogP contribution in [0.3, 0.4) is 0 Å². The first-order valence-corrected chi connectivity index (χ1v) is 7.13. The van der Waals surface area contributed by atoms with Gasteiger partial charge in [-0.1, -0.05) is 0 Å². The standard InChI is InChI=1S/C16H16N4O2/c1-10-2-3-13(9-18-10)20-15(21)11-6-7-17-14(8-11)16(22)19-12-4-5-12/h2-3,6-9,12H,4-5H2,1H3,(H,19,22)(H,20,21). The molecule has 0 spiro atoms. The maximum atomic E-state index is 12.2. The summed E-state index contributed by atoms with van der Waals surface area (Å²) in [4.78, 5) is 32.3. The lowest BCUT2D eigenvalue weighted by Gasteiger charge is -2.07. The van der Waals surface area contributed by atoms with Gasteiger partial charge in [0.2, 0.25) is 0 Å². The SMILES string of the molecule is Cc1ccc(NC(=O)c2ccnc(C(=O)NC3CC3)c2)cn1. The summed E-state index contributed by atoms with van der Waals surface area (Å²) in [5, 5.41) is 5.59. The van der Waals surface area contributed by atoms with Crippen molar-refractivity contribution < 1.29 is 9.59 Å². The minimum absolute atomic E-state index is 0.242. The summed E-state index contributed by atoms with van der Waals surface area (Å²) >= 11 is 0. The summed E-state index contributed by atoms with van der Waals surface area (Å²) in [7, 11) is 0. The van der Waals surface area contributed by atoms with E-state index in [-0.39, 0.29) is 23.6 Å². The van der Waals surface area contributed by atoms with Gasteiger partial charge in [-0.3, -0.25) is 19.6 Å². The van der Waals surface area contributed by atoms with Crippen molar-refractivity contribution >= 4 is 17.5 Å². The van der Waals surface area contributed by atoms with Crippen LogP contribution in [0.1, 0.15) is 39.4 Å². The molecule has 0 bridgehead atoms. The van der Waals surface area contributed by atoms with Gasteiger partial charge in [0.1, 0.15) is 5.69 Å². The zero-order valence-corrected chi connectivity index (χ0v) is 12.2. The molecular formula is C16H16N4O2. The van der Waals surface area contributed by atoms with Crippen LogP contribution in [0.15, 0.2) is 36.7 Å². The van der Waals surface area contributed by atoms with E-state index in [1.807, 2.05) is 13.0 Å². The van der Waals surface area contributed by atoms with Crippen LogP contribution in [-0.2, 0) is 0 Å². The summed E-state index contributed by atoms with van der Waals surface area (Å²) in [6.45, 7) is 1.87. The number of carbonyl (C=O) groups is 2. The first kappa shape index (κ1) is 14.2. The van der Waals surface area contributed by atoms with Gasteiger partial charge in [0.25, 0.3) is 11.8 Å².